The number of carbonyl (C=O) groups is 2. The van der Waals surface area contributed by atoms with Crippen molar-refractivity contribution in [2.45, 2.75) is 26.1 Å². The van der Waals surface area contributed by atoms with E-state index in [1.807, 2.05) is 0 Å². The van der Waals surface area contributed by atoms with Crippen LogP contribution in [-0.4, -0.2) is 26.4 Å². The van der Waals surface area contributed by atoms with Gasteiger partial charge in [-0.2, -0.15) is 13.2 Å². The Morgan fingerprint density at radius 3 is 2.43 bits per heavy atom. The predicted octanol–water partition coefficient (Wildman–Crippen LogP) is 2.90. The number of nitrogens with zero attached hydrogens (tertiary/aromatic N) is 2. The summed E-state index contributed by atoms with van der Waals surface area (Å²) in [5.41, 5.74) is 0.161. The summed E-state index contributed by atoms with van der Waals surface area (Å²) < 4.78 is 39.7. The zero-order valence-corrected chi connectivity index (χ0v) is 11.1. The summed E-state index contributed by atoms with van der Waals surface area (Å²) in [6.45, 7) is 2.42. The molecule has 0 aliphatic carbocycles. The molecule has 1 heterocycles. The monoisotopic (exact) mass is 300 g/mol. The molecular formula is C13H11F3N2O3. The highest BCUT2D eigenvalue weighted by Crippen LogP contribution is 2.34. The molecule has 21 heavy (non-hydrogen) atoms. The first-order valence-electron chi connectivity index (χ1n) is 5.96. The molecule has 0 bridgehead atoms. The Bertz CT molecular complexity index is 734. The van der Waals surface area contributed by atoms with Crippen molar-refractivity contribution in [3.63, 3.8) is 0 Å². The zero-order valence-electron chi connectivity index (χ0n) is 11.1. The molecule has 1 aromatic carbocycles. The number of Topliss-reactive ketones (excluding diaryl/α,β-unsaturated/α-hetero) is 1. The first-order valence-corrected chi connectivity index (χ1v) is 5.96. The summed E-state index contributed by atoms with van der Waals surface area (Å²) in [5, 5.41) is 8.98. The minimum Gasteiger partial charge on any atom is -0.480 e. The molecule has 8 heteroatoms. The molecule has 1 aromatic heterocycles. The molecule has 0 saturated heterocycles. The van der Waals surface area contributed by atoms with Crippen LogP contribution in [0.5, 0.6) is 0 Å². The molecule has 2 rings (SSSR count). The maximum Gasteiger partial charge on any atom is 0.449 e. The molecule has 0 spiro atoms. The number of carboxylic acids is 1. The molecule has 5 nitrogen and oxygen atoms in total. The fourth-order valence-corrected chi connectivity index (χ4v) is 2.02. The SMILES string of the molecule is CC(=O)c1ccc2c(c1)nc(C(F)(F)F)n2C(C)C(=O)O. The van der Waals surface area contributed by atoms with E-state index in [1.165, 1.54) is 25.1 Å². The molecule has 1 unspecified atom stereocenters. The minimum absolute atomic E-state index is 0.0159. The standard InChI is InChI=1S/C13H11F3N2O3/c1-6(11(20)21)18-10-4-3-8(7(2)19)5-9(10)17-12(18)13(14,15)16/h3-6H,1-2H3,(H,20,21). The fourth-order valence-electron chi connectivity index (χ4n) is 2.02. The number of aromatic nitrogens is 2. The Hall–Kier alpha value is -2.38. The van der Waals surface area contributed by atoms with Crippen molar-refractivity contribution in [2.75, 3.05) is 0 Å². The third kappa shape index (κ3) is 2.61. The normalized spacial score (nSPS) is 13.4. The fraction of sp³-hybridized carbons (Fsp3) is 0.308. The number of halogens is 3. The van der Waals surface area contributed by atoms with Crippen LogP contribution in [0, 0.1) is 0 Å². The van der Waals surface area contributed by atoms with Crippen LogP contribution < -0.4 is 0 Å². The molecule has 1 N–H and O–H groups in total. The predicted molar refractivity (Wildman–Crippen MR) is 67.1 cm³/mol. The summed E-state index contributed by atoms with van der Waals surface area (Å²) in [6, 6.07) is 2.40. The lowest BCUT2D eigenvalue weighted by atomic mass is 10.1. The van der Waals surface area contributed by atoms with Gasteiger partial charge in [0, 0.05) is 5.56 Å². The molecule has 1 atom stereocenters. The lowest BCUT2D eigenvalue weighted by molar-refractivity contribution is -0.150. The first kappa shape index (κ1) is 15.0. The van der Waals surface area contributed by atoms with Gasteiger partial charge in [0.1, 0.15) is 6.04 Å². The van der Waals surface area contributed by atoms with Crippen LogP contribution in [-0.2, 0) is 11.0 Å². The van der Waals surface area contributed by atoms with Gasteiger partial charge >= 0.3 is 12.1 Å². The highest BCUT2D eigenvalue weighted by molar-refractivity contribution is 5.97. The van der Waals surface area contributed by atoms with E-state index in [0.717, 1.165) is 6.92 Å². The van der Waals surface area contributed by atoms with Gasteiger partial charge < -0.3 is 9.67 Å². The number of fused-ring (bicyclic) bond motifs is 1. The number of hydrogen-bond donors (Lipinski definition) is 1. The molecule has 0 saturated carbocycles. The van der Waals surface area contributed by atoms with Crippen molar-refractivity contribution in [3.8, 4) is 0 Å². The van der Waals surface area contributed by atoms with Crippen LogP contribution in [0.1, 0.15) is 36.1 Å². The van der Waals surface area contributed by atoms with Crippen molar-refractivity contribution < 1.29 is 27.9 Å². The Morgan fingerprint density at radius 1 is 1.33 bits per heavy atom. The summed E-state index contributed by atoms with van der Waals surface area (Å²) in [4.78, 5) is 25.7. The zero-order chi connectivity index (χ0) is 15.9. The maximum absolute atomic E-state index is 13.0. The maximum atomic E-state index is 13.0. The van der Waals surface area contributed by atoms with Crippen LogP contribution in [0.3, 0.4) is 0 Å². The van der Waals surface area contributed by atoms with Gasteiger partial charge in [-0.3, -0.25) is 4.79 Å². The number of hydrogen-bond acceptors (Lipinski definition) is 3. The lowest BCUT2D eigenvalue weighted by Gasteiger charge is -2.15. The number of benzene rings is 1. The quantitative estimate of drug-likeness (QED) is 0.885. The van der Waals surface area contributed by atoms with Gasteiger partial charge in [0.15, 0.2) is 5.78 Å². The van der Waals surface area contributed by atoms with E-state index < -0.39 is 24.0 Å². The molecule has 0 aliphatic rings. The van der Waals surface area contributed by atoms with E-state index in [1.54, 1.807) is 0 Å². The topological polar surface area (TPSA) is 72.2 Å². The van der Waals surface area contributed by atoms with Crippen molar-refractivity contribution in [3.05, 3.63) is 29.6 Å². The van der Waals surface area contributed by atoms with Gasteiger partial charge in [-0.15, -0.1) is 0 Å². The molecule has 112 valence electrons. The number of carbonyl (C=O) groups excluding carboxylic acids is 1. The average molecular weight is 300 g/mol. The Morgan fingerprint density at radius 2 is 1.95 bits per heavy atom. The molecule has 0 amide bonds. The van der Waals surface area contributed by atoms with Gasteiger partial charge in [-0.1, -0.05) is 0 Å². The van der Waals surface area contributed by atoms with Crippen LogP contribution in [0.4, 0.5) is 13.2 Å². The van der Waals surface area contributed by atoms with Crippen molar-refractivity contribution in [1.82, 2.24) is 9.55 Å². The summed E-state index contributed by atoms with van der Waals surface area (Å²) >= 11 is 0. The molecule has 2 aromatic rings. The van der Waals surface area contributed by atoms with Crippen LogP contribution in [0.15, 0.2) is 18.2 Å². The van der Waals surface area contributed by atoms with Gasteiger partial charge in [0.05, 0.1) is 11.0 Å². The molecule has 0 radical (unpaired) electrons. The van der Waals surface area contributed by atoms with E-state index in [4.69, 9.17) is 5.11 Å². The Labute approximate surface area is 117 Å². The molecule has 0 aliphatic heterocycles. The third-order valence-corrected chi connectivity index (χ3v) is 3.09. The first-order chi connectivity index (χ1) is 9.62. The highest BCUT2D eigenvalue weighted by atomic mass is 19.4. The lowest BCUT2D eigenvalue weighted by Crippen LogP contribution is -2.22. The molecule has 0 fully saturated rings. The van der Waals surface area contributed by atoms with E-state index in [2.05, 4.69) is 4.98 Å². The second kappa shape index (κ2) is 4.87. The molecular weight excluding hydrogens is 289 g/mol. The van der Waals surface area contributed by atoms with Crippen molar-refractivity contribution >= 4 is 22.8 Å². The third-order valence-electron chi connectivity index (χ3n) is 3.09. The second-order valence-corrected chi connectivity index (χ2v) is 4.58. The van der Waals surface area contributed by atoms with Crippen molar-refractivity contribution in [1.29, 1.82) is 0 Å². The number of imidazole rings is 1. The van der Waals surface area contributed by atoms with Gasteiger partial charge in [0.2, 0.25) is 5.82 Å². The average Bonchev–Trinajstić information content (AvgIpc) is 2.75. The number of aliphatic carboxylic acids is 1. The Kier molecular flexibility index (Phi) is 3.48. The smallest absolute Gasteiger partial charge is 0.449 e. The number of alkyl halides is 3. The van der Waals surface area contributed by atoms with Gasteiger partial charge in [-0.25, -0.2) is 9.78 Å². The second-order valence-electron chi connectivity index (χ2n) is 4.58. The summed E-state index contributed by atoms with van der Waals surface area (Å²) in [6.07, 6.45) is -4.79. The van der Waals surface area contributed by atoms with Gasteiger partial charge in [-0.05, 0) is 32.0 Å². The van der Waals surface area contributed by atoms with E-state index in [-0.39, 0.29) is 22.4 Å². The highest BCUT2D eigenvalue weighted by Gasteiger charge is 2.39. The number of carboxylic acid groups (broad SMARTS) is 1. The van der Waals surface area contributed by atoms with Gasteiger partial charge in [0.25, 0.3) is 0 Å². The number of rotatable bonds is 3. The van der Waals surface area contributed by atoms with Crippen LogP contribution >= 0.6 is 0 Å². The van der Waals surface area contributed by atoms with Crippen LogP contribution in [0.2, 0.25) is 0 Å². The largest absolute Gasteiger partial charge is 0.480 e. The summed E-state index contributed by atoms with van der Waals surface area (Å²) in [7, 11) is 0. The summed E-state index contributed by atoms with van der Waals surface area (Å²) in [5.74, 6) is -3.02. The van der Waals surface area contributed by atoms with E-state index in [9.17, 15) is 22.8 Å². The minimum atomic E-state index is -4.79. The van der Waals surface area contributed by atoms with Crippen LogP contribution in [0.25, 0.3) is 11.0 Å². The van der Waals surface area contributed by atoms with Crippen molar-refractivity contribution in [2.24, 2.45) is 0 Å². The Balaban J connectivity index is 2.79. The van der Waals surface area contributed by atoms with E-state index >= 15 is 0 Å². The number of ketones is 1. The van der Waals surface area contributed by atoms with E-state index in [0.29, 0.717) is 4.57 Å².